The van der Waals surface area contributed by atoms with Gasteiger partial charge in [0.05, 0.1) is 5.56 Å². The van der Waals surface area contributed by atoms with E-state index in [-0.39, 0.29) is 11.5 Å². The summed E-state index contributed by atoms with van der Waals surface area (Å²) in [6.45, 7) is 4.78. The lowest BCUT2D eigenvalue weighted by Crippen LogP contribution is -2.34. The molecule has 1 aromatic rings. The molecule has 0 atom stereocenters. The summed E-state index contributed by atoms with van der Waals surface area (Å²) in [5.74, 6) is -0.341. The lowest BCUT2D eigenvalue weighted by Gasteiger charge is -2.22. The van der Waals surface area contributed by atoms with Crippen molar-refractivity contribution in [3.8, 4) is 0 Å². The molecule has 100 valence electrons. The van der Waals surface area contributed by atoms with E-state index in [2.05, 4.69) is 6.92 Å². The van der Waals surface area contributed by atoms with Gasteiger partial charge in [0.15, 0.2) is 0 Å². The molecular formula is C14H19ClFNO. The molecule has 0 saturated carbocycles. The van der Waals surface area contributed by atoms with Crippen LogP contribution in [0.15, 0.2) is 18.2 Å². The summed E-state index contributed by atoms with van der Waals surface area (Å²) in [5.41, 5.74) is 0.624. The van der Waals surface area contributed by atoms with E-state index in [1.807, 2.05) is 0 Å². The topological polar surface area (TPSA) is 20.3 Å². The fourth-order valence-electron chi connectivity index (χ4n) is 1.75. The second-order valence-electron chi connectivity index (χ2n) is 4.27. The first-order chi connectivity index (χ1) is 8.61. The average Bonchev–Trinajstić information content (AvgIpc) is 2.37. The van der Waals surface area contributed by atoms with Crippen LogP contribution in [0.25, 0.3) is 0 Å². The Labute approximate surface area is 113 Å². The quantitative estimate of drug-likeness (QED) is 0.724. The summed E-state index contributed by atoms with van der Waals surface area (Å²) in [6, 6.07) is 4.88. The van der Waals surface area contributed by atoms with Crippen molar-refractivity contribution in [3.63, 3.8) is 0 Å². The van der Waals surface area contributed by atoms with Crippen LogP contribution in [0.5, 0.6) is 0 Å². The molecular weight excluding hydrogens is 253 g/mol. The van der Waals surface area contributed by atoms with Crippen molar-refractivity contribution in [1.29, 1.82) is 0 Å². The first-order valence-electron chi connectivity index (χ1n) is 6.22. The second kappa shape index (κ2) is 7.37. The predicted octanol–water partition coefficient (Wildman–Crippen LogP) is 3.62. The summed E-state index contributed by atoms with van der Waals surface area (Å²) in [4.78, 5) is 13.9. The third-order valence-electron chi connectivity index (χ3n) is 2.85. The van der Waals surface area contributed by atoms with Crippen molar-refractivity contribution in [2.45, 2.75) is 26.7 Å². The molecule has 0 saturated heterocycles. The number of unbranched alkanes of at least 4 members (excludes halogenated alkanes) is 1. The molecule has 4 heteroatoms. The molecule has 0 radical (unpaired) electrons. The number of alkyl halides is 1. The fourth-order valence-corrected chi connectivity index (χ4v) is 1.95. The Morgan fingerprint density at radius 2 is 2.11 bits per heavy atom. The number of carbonyl (C=O) groups is 1. The van der Waals surface area contributed by atoms with Gasteiger partial charge in [0, 0.05) is 19.0 Å². The van der Waals surface area contributed by atoms with Gasteiger partial charge < -0.3 is 4.90 Å². The Balaban J connectivity index is 2.90. The van der Waals surface area contributed by atoms with Crippen molar-refractivity contribution < 1.29 is 9.18 Å². The lowest BCUT2D eigenvalue weighted by molar-refractivity contribution is 0.0758. The number of hydrogen-bond donors (Lipinski definition) is 0. The van der Waals surface area contributed by atoms with Crippen LogP contribution in [0.4, 0.5) is 4.39 Å². The van der Waals surface area contributed by atoms with Crippen LogP contribution < -0.4 is 0 Å². The van der Waals surface area contributed by atoms with Crippen LogP contribution >= 0.6 is 11.6 Å². The molecule has 18 heavy (non-hydrogen) atoms. The van der Waals surface area contributed by atoms with E-state index in [0.717, 1.165) is 12.8 Å². The van der Waals surface area contributed by atoms with Crippen LogP contribution in [-0.2, 0) is 0 Å². The summed E-state index contributed by atoms with van der Waals surface area (Å²) in [6.07, 6.45) is 1.89. The number of rotatable bonds is 6. The monoisotopic (exact) mass is 271 g/mol. The molecule has 0 aromatic heterocycles. The number of aryl methyl sites for hydroxylation is 1. The van der Waals surface area contributed by atoms with Crippen LogP contribution in [0.2, 0.25) is 0 Å². The molecule has 0 fully saturated rings. The highest BCUT2D eigenvalue weighted by Crippen LogP contribution is 2.14. The Hall–Kier alpha value is -1.09. The van der Waals surface area contributed by atoms with Gasteiger partial charge in [0.2, 0.25) is 0 Å². The van der Waals surface area contributed by atoms with E-state index >= 15 is 0 Å². The van der Waals surface area contributed by atoms with Crippen LogP contribution in [0.3, 0.4) is 0 Å². The molecule has 0 aliphatic rings. The van der Waals surface area contributed by atoms with Gasteiger partial charge in [0.25, 0.3) is 5.91 Å². The first kappa shape index (κ1) is 15.0. The van der Waals surface area contributed by atoms with Gasteiger partial charge in [0.1, 0.15) is 5.82 Å². The zero-order chi connectivity index (χ0) is 13.5. The standard InChI is InChI=1S/C14H19ClFNO/c1-3-4-9-17(10-8-15)14(18)12-7-5-6-11(2)13(12)16/h5-7H,3-4,8-10H2,1-2H3. The minimum atomic E-state index is -0.432. The van der Waals surface area contributed by atoms with Crippen molar-refractivity contribution in [2.24, 2.45) is 0 Å². The number of nitrogens with zero attached hydrogens (tertiary/aromatic N) is 1. The van der Waals surface area contributed by atoms with Crippen LogP contribution in [0, 0.1) is 12.7 Å². The molecule has 0 unspecified atom stereocenters. The zero-order valence-corrected chi connectivity index (χ0v) is 11.6. The normalized spacial score (nSPS) is 10.4. The molecule has 0 spiro atoms. The van der Waals surface area contributed by atoms with E-state index in [1.54, 1.807) is 24.0 Å². The fraction of sp³-hybridized carbons (Fsp3) is 0.500. The van der Waals surface area contributed by atoms with Crippen LogP contribution in [-0.4, -0.2) is 29.8 Å². The predicted molar refractivity (Wildman–Crippen MR) is 72.7 cm³/mol. The van der Waals surface area contributed by atoms with Gasteiger partial charge in [-0.3, -0.25) is 4.79 Å². The highest BCUT2D eigenvalue weighted by Gasteiger charge is 2.19. The van der Waals surface area contributed by atoms with Gasteiger partial charge >= 0.3 is 0 Å². The largest absolute Gasteiger partial charge is 0.337 e. The summed E-state index contributed by atoms with van der Waals surface area (Å²) >= 11 is 5.69. The Morgan fingerprint density at radius 1 is 1.39 bits per heavy atom. The second-order valence-corrected chi connectivity index (χ2v) is 4.65. The molecule has 2 nitrogen and oxygen atoms in total. The van der Waals surface area contributed by atoms with Crippen molar-refractivity contribution in [3.05, 3.63) is 35.1 Å². The Kier molecular flexibility index (Phi) is 6.13. The minimum Gasteiger partial charge on any atom is -0.337 e. The highest BCUT2D eigenvalue weighted by molar-refractivity contribution is 6.18. The third-order valence-corrected chi connectivity index (χ3v) is 3.01. The molecule has 1 amide bonds. The van der Waals surface area contributed by atoms with Crippen molar-refractivity contribution >= 4 is 17.5 Å². The maximum Gasteiger partial charge on any atom is 0.256 e. The van der Waals surface area contributed by atoms with Gasteiger partial charge in [-0.15, -0.1) is 11.6 Å². The number of carbonyl (C=O) groups excluding carboxylic acids is 1. The smallest absolute Gasteiger partial charge is 0.256 e. The van der Waals surface area contributed by atoms with E-state index in [1.165, 1.54) is 6.07 Å². The van der Waals surface area contributed by atoms with E-state index in [0.29, 0.717) is 24.5 Å². The molecule has 0 bridgehead atoms. The summed E-state index contributed by atoms with van der Waals surface area (Å²) in [5, 5.41) is 0. The number of hydrogen-bond acceptors (Lipinski definition) is 1. The number of amides is 1. The molecule has 0 heterocycles. The maximum atomic E-state index is 13.9. The Morgan fingerprint density at radius 3 is 2.72 bits per heavy atom. The number of benzene rings is 1. The highest BCUT2D eigenvalue weighted by atomic mass is 35.5. The van der Waals surface area contributed by atoms with Crippen molar-refractivity contribution in [2.75, 3.05) is 19.0 Å². The van der Waals surface area contributed by atoms with Gasteiger partial charge in [-0.05, 0) is 25.0 Å². The molecule has 0 N–H and O–H groups in total. The van der Waals surface area contributed by atoms with E-state index in [9.17, 15) is 9.18 Å². The molecule has 0 aliphatic carbocycles. The molecule has 1 rings (SSSR count). The summed E-state index contributed by atoms with van der Waals surface area (Å²) in [7, 11) is 0. The molecule has 1 aromatic carbocycles. The zero-order valence-electron chi connectivity index (χ0n) is 10.9. The first-order valence-corrected chi connectivity index (χ1v) is 6.75. The van der Waals surface area contributed by atoms with Gasteiger partial charge in [-0.2, -0.15) is 0 Å². The van der Waals surface area contributed by atoms with E-state index < -0.39 is 5.82 Å². The van der Waals surface area contributed by atoms with Crippen molar-refractivity contribution in [1.82, 2.24) is 4.90 Å². The van der Waals surface area contributed by atoms with E-state index in [4.69, 9.17) is 11.6 Å². The molecule has 0 aliphatic heterocycles. The minimum absolute atomic E-state index is 0.135. The third kappa shape index (κ3) is 3.70. The summed E-state index contributed by atoms with van der Waals surface area (Å²) < 4.78 is 13.9. The average molecular weight is 272 g/mol. The van der Waals surface area contributed by atoms with Gasteiger partial charge in [-0.25, -0.2) is 4.39 Å². The maximum absolute atomic E-state index is 13.9. The van der Waals surface area contributed by atoms with Gasteiger partial charge in [-0.1, -0.05) is 25.5 Å². The van der Waals surface area contributed by atoms with Crippen LogP contribution in [0.1, 0.15) is 35.7 Å². The lowest BCUT2D eigenvalue weighted by atomic mass is 10.1. The Bertz CT molecular complexity index is 409. The SMILES string of the molecule is CCCCN(CCCl)C(=O)c1cccc(C)c1F. The number of halogens is 2.